The Morgan fingerprint density at radius 2 is 1.78 bits per heavy atom. The van der Waals surface area contributed by atoms with E-state index in [9.17, 15) is 4.79 Å². The molecule has 0 radical (unpaired) electrons. The topological polar surface area (TPSA) is 85.4 Å². The Hall–Kier alpha value is -3.61. The van der Waals surface area contributed by atoms with Crippen molar-refractivity contribution in [2.45, 2.75) is 6.54 Å². The predicted octanol–water partition coefficient (Wildman–Crippen LogP) is 3.48. The van der Waals surface area contributed by atoms with Crippen molar-refractivity contribution in [1.29, 1.82) is 0 Å². The van der Waals surface area contributed by atoms with Gasteiger partial charge in [-0.2, -0.15) is 0 Å². The highest BCUT2D eigenvalue weighted by atomic mass is 16.5. The zero-order valence-electron chi connectivity index (χ0n) is 15.1. The third-order valence-electron chi connectivity index (χ3n) is 3.87. The molecule has 2 N–H and O–H groups in total. The van der Waals surface area contributed by atoms with Gasteiger partial charge in [-0.1, -0.05) is 6.07 Å². The molecule has 0 aliphatic rings. The summed E-state index contributed by atoms with van der Waals surface area (Å²) in [6, 6.07) is 12.4. The third kappa shape index (κ3) is 4.72. The second-order valence-corrected chi connectivity index (χ2v) is 5.66. The third-order valence-corrected chi connectivity index (χ3v) is 3.87. The summed E-state index contributed by atoms with van der Waals surface area (Å²) in [5, 5.41) is 5.62. The molecule has 0 aliphatic heterocycles. The molecular weight excluding hydrogens is 344 g/mol. The fourth-order valence-electron chi connectivity index (χ4n) is 2.57. The van der Waals surface area contributed by atoms with Gasteiger partial charge in [0.2, 0.25) is 0 Å². The summed E-state index contributed by atoms with van der Waals surface area (Å²) < 4.78 is 10.4. The zero-order valence-corrected chi connectivity index (χ0v) is 15.1. The molecule has 0 unspecified atom stereocenters. The summed E-state index contributed by atoms with van der Waals surface area (Å²) in [5.41, 5.74) is 3.15. The lowest BCUT2D eigenvalue weighted by molar-refractivity contribution is 0.251. The normalized spacial score (nSPS) is 10.1. The largest absolute Gasteiger partial charge is 0.497 e. The Labute approximate surface area is 157 Å². The van der Waals surface area contributed by atoms with E-state index in [4.69, 9.17) is 9.47 Å². The smallest absolute Gasteiger partial charge is 0.319 e. The summed E-state index contributed by atoms with van der Waals surface area (Å²) in [7, 11) is 3.11. The van der Waals surface area contributed by atoms with E-state index in [1.165, 1.54) is 0 Å². The molecule has 2 heterocycles. The van der Waals surface area contributed by atoms with Gasteiger partial charge in [-0.25, -0.2) is 4.79 Å². The van der Waals surface area contributed by atoms with Crippen molar-refractivity contribution in [3.8, 4) is 22.8 Å². The molecule has 3 aromatic rings. The van der Waals surface area contributed by atoms with E-state index in [-0.39, 0.29) is 6.03 Å². The van der Waals surface area contributed by atoms with E-state index in [0.29, 0.717) is 23.7 Å². The van der Waals surface area contributed by atoms with Crippen LogP contribution < -0.4 is 20.1 Å². The number of anilines is 1. The highest BCUT2D eigenvalue weighted by molar-refractivity contribution is 5.89. The fourth-order valence-corrected chi connectivity index (χ4v) is 2.57. The summed E-state index contributed by atoms with van der Waals surface area (Å²) in [5.74, 6) is 1.19. The van der Waals surface area contributed by atoms with Crippen LogP contribution in [0.2, 0.25) is 0 Å². The summed E-state index contributed by atoms with van der Waals surface area (Å²) >= 11 is 0. The molecule has 27 heavy (non-hydrogen) atoms. The number of urea groups is 1. The van der Waals surface area contributed by atoms with Gasteiger partial charge in [0.05, 0.1) is 19.9 Å². The van der Waals surface area contributed by atoms with Gasteiger partial charge in [0.1, 0.15) is 11.5 Å². The van der Waals surface area contributed by atoms with Crippen molar-refractivity contribution >= 4 is 11.7 Å². The molecule has 138 valence electrons. The van der Waals surface area contributed by atoms with Crippen LogP contribution in [-0.2, 0) is 6.54 Å². The number of hydrogen-bond donors (Lipinski definition) is 2. The van der Waals surface area contributed by atoms with Crippen LogP contribution in [0.3, 0.4) is 0 Å². The number of hydrogen-bond acceptors (Lipinski definition) is 5. The quantitative estimate of drug-likeness (QED) is 0.699. The van der Waals surface area contributed by atoms with Crippen molar-refractivity contribution in [3.63, 3.8) is 0 Å². The predicted molar refractivity (Wildman–Crippen MR) is 103 cm³/mol. The van der Waals surface area contributed by atoms with Gasteiger partial charge in [-0.3, -0.25) is 9.97 Å². The van der Waals surface area contributed by atoms with E-state index >= 15 is 0 Å². The highest BCUT2D eigenvalue weighted by Crippen LogP contribution is 2.25. The first-order chi connectivity index (χ1) is 13.2. The number of benzene rings is 1. The van der Waals surface area contributed by atoms with Gasteiger partial charge in [0.15, 0.2) is 0 Å². The molecule has 0 aliphatic carbocycles. The molecule has 1 aromatic carbocycles. The molecule has 7 nitrogen and oxygen atoms in total. The van der Waals surface area contributed by atoms with E-state index in [2.05, 4.69) is 20.6 Å². The number of aromatic nitrogens is 2. The number of amides is 2. The molecule has 0 atom stereocenters. The number of carbonyl (C=O) groups excluding carboxylic acids is 1. The SMILES string of the molecule is COc1cc(NC(=O)NCc2cccnc2-c2cccnc2)cc(OC)c1. The molecule has 7 heteroatoms. The van der Waals surface area contributed by atoms with Crippen LogP contribution >= 0.6 is 0 Å². The second-order valence-electron chi connectivity index (χ2n) is 5.66. The summed E-state index contributed by atoms with van der Waals surface area (Å²) in [6.45, 7) is 0.324. The van der Waals surface area contributed by atoms with Crippen molar-refractivity contribution in [2.75, 3.05) is 19.5 Å². The molecule has 0 spiro atoms. The van der Waals surface area contributed by atoms with Gasteiger partial charge >= 0.3 is 6.03 Å². The Morgan fingerprint density at radius 3 is 2.44 bits per heavy atom. The number of carbonyl (C=O) groups is 1. The van der Waals surface area contributed by atoms with Crippen LogP contribution in [0, 0.1) is 0 Å². The van der Waals surface area contributed by atoms with Crippen molar-refractivity contribution in [3.05, 3.63) is 66.6 Å². The molecule has 2 aromatic heterocycles. The van der Waals surface area contributed by atoms with E-state index in [1.807, 2.05) is 24.3 Å². The molecular formula is C20H20N4O3. The van der Waals surface area contributed by atoms with Crippen LogP contribution in [-0.4, -0.2) is 30.2 Å². The Bertz CT molecular complexity index is 894. The van der Waals surface area contributed by atoms with E-state index in [0.717, 1.165) is 16.8 Å². The van der Waals surface area contributed by atoms with Crippen molar-refractivity contribution in [1.82, 2.24) is 15.3 Å². The van der Waals surface area contributed by atoms with E-state index < -0.39 is 0 Å². The molecule has 2 amide bonds. The molecule has 0 saturated carbocycles. The van der Waals surface area contributed by atoms with Crippen molar-refractivity contribution in [2.24, 2.45) is 0 Å². The lowest BCUT2D eigenvalue weighted by Gasteiger charge is -2.12. The van der Waals surface area contributed by atoms with E-state index in [1.54, 1.807) is 51.0 Å². The van der Waals surface area contributed by atoms with Gasteiger partial charge < -0.3 is 20.1 Å². The van der Waals surface area contributed by atoms with Crippen LogP contribution in [0.25, 0.3) is 11.3 Å². The first kappa shape index (κ1) is 18.2. The monoisotopic (exact) mass is 364 g/mol. The number of methoxy groups -OCH3 is 2. The number of nitrogens with zero attached hydrogens (tertiary/aromatic N) is 2. The standard InChI is InChI=1S/C20H20N4O3/c1-26-17-9-16(10-18(11-17)27-2)24-20(25)23-13-15-6-4-8-22-19(15)14-5-3-7-21-12-14/h3-12H,13H2,1-2H3,(H2,23,24,25). The molecule has 0 fully saturated rings. The van der Waals surface area contributed by atoms with Crippen molar-refractivity contribution < 1.29 is 14.3 Å². The van der Waals surface area contributed by atoms with Crippen LogP contribution in [0.1, 0.15) is 5.56 Å². The number of rotatable bonds is 6. The number of pyridine rings is 2. The van der Waals surface area contributed by atoms with Gasteiger partial charge in [0.25, 0.3) is 0 Å². The molecule has 0 saturated heterocycles. The maximum atomic E-state index is 12.3. The average Bonchev–Trinajstić information content (AvgIpc) is 2.72. The van der Waals surface area contributed by atoms with Crippen LogP contribution in [0.4, 0.5) is 10.5 Å². The highest BCUT2D eigenvalue weighted by Gasteiger charge is 2.09. The first-order valence-corrected chi connectivity index (χ1v) is 8.32. The second kappa shape index (κ2) is 8.66. The Kier molecular flexibility index (Phi) is 5.84. The minimum Gasteiger partial charge on any atom is -0.497 e. The first-order valence-electron chi connectivity index (χ1n) is 8.32. The minimum absolute atomic E-state index is 0.324. The number of ether oxygens (including phenoxy) is 2. The Balaban J connectivity index is 1.69. The van der Waals surface area contributed by atoms with Gasteiger partial charge in [0, 0.05) is 54.6 Å². The summed E-state index contributed by atoms with van der Waals surface area (Å²) in [4.78, 5) is 20.8. The zero-order chi connectivity index (χ0) is 19.1. The van der Waals surface area contributed by atoms with Crippen LogP contribution in [0.5, 0.6) is 11.5 Å². The number of nitrogens with one attached hydrogen (secondary N) is 2. The minimum atomic E-state index is -0.341. The van der Waals surface area contributed by atoms with Gasteiger partial charge in [-0.05, 0) is 23.8 Å². The van der Waals surface area contributed by atoms with Gasteiger partial charge in [-0.15, -0.1) is 0 Å². The Morgan fingerprint density at radius 1 is 1.04 bits per heavy atom. The maximum absolute atomic E-state index is 12.3. The summed E-state index contributed by atoms with van der Waals surface area (Å²) in [6.07, 6.45) is 5.17. The van der Waals surface area contributed by atoms with Crippen LogP contribution in [0.15, 0.2) is 61.1 Å². The average molecular weight is 364 g/mol. The maximum Gasteiger partial charge on any atom is 0.319 e. The molecule has 0 bridgehead atoms. The molecule has 3 rings (SSSR count). The fraction of sp³-hybridized carbons (Fsp3) is 0.150. The lowest BCUT2D eigenvalue weighted by atomic mass is 10.1. The lowest BCUT2D eigenvalue weighted by Crippen LogP contribution is -2.28.